The average molecular weight is 307 g/mol. The summed E-state index contributed by atoms with van der Waals surface area (Å²) in [6, 6.07) is 0. The topological polar surface area (TPSA) is 118 Å². The van der Waals surface area contributed by atoms with Crippen LogP contribution in [-0.4, -0.2) is 55.0 Å². The van der Waals surface area contributed by atoms with E-state index in [4.69, 9.17) is 19.9 Å². The number of aliphatic hydroxyl groups is 1. The van der Waals surface area contributed by atoms with Crippen LogP contribution in [0.15, 0.2) is 12.7 Å². The van der Waals surface area contributed by atoms with Gasteiger partial charge in [0.25, 0.3) is 0 Å². The number of ether oxygens (including phenoxy) is 3. The van der Waals surface area contributed by atoms with Crippen molar-refractivity contribution in [3.05, 3.63) is 12.7 Å². The molecule has 0 amide bonds. The van der Waals surface area contributed by atoms with Crippen LogP contribution in [0.2, 0.25) is 0 Å². The Morgan fingerprint density at radius 2 is 2.14 bits per heavy atom. The van der Waals surface area contributed by atoms with Gasteiger partial charge in [-0.1, -0.05) is 0 Å². The summed E-state index contributed by atoms with van der Waals surface area (Å²) in [4.78, 5) is 12.3. The van der Waals surface area contributed by atoms with Gasteiger partial charge in [0, 0.05) is 0 Å². The first-order chi connectivity index (χ1) is 10.4. The number of rotatable bonds is 2. The van der Waals surface area contributed by atoms with Gasteiger partial charge in [-0.3, -0.25) is 0 Å². The molecule has 2 aromatic rings. The zero-order valence-electron chi connectivity index (χ0n) is 12.2. The largest absolute Gasteiger partial charge is 0.387 e. The van der Waals surface area contributed by atoms with Crippen LogP contribution in [0.3, 0.4) is 0 Å². The normalized spacial score (nSPS) is 33.4. The minimum Gasteiger partial charge on any atom is -0.387 e. The molecule has 9 nitrogen and oxygen atoms in total. The lowest BCUT2D eigenvalue weighted by Crippen LogP contribution is -2.36. The van der Waals surface area contributed by atoms with Crippen LogP contribution in [0.4, 0.5) is 5.82 Å². The Balaban J connectivity index is 1.56. The summed E-state index contributed by atoms with van der Waals surface area (Å²) in [7, 11) is 0. The monoisotopic (exact) mass is 307 g/mol. The highest BCUT2D eigenvalue weighted by molar-refractivity contribution is 5.81. The predicted molar refractivity (Wildman–Crippen MR) is 74.4 cm³/mol. The lowest BCUT2D eigenvalue weighted by molar-refractivity contribution is -0.216. The highest BCUT2D eigenvalue weighted by atomic mass is 16.8. The molecule has 118 valence electrons. The molecular formula is C13H17N5O4. The van der Waals surface area contributed by atoms with Gasteiger partial charge in [0.15, 0.2) is 23.5 Å². The number of anilines is 1. The molecule has 3 N–H and O–H groups in total. The van der Waals surface area contributed by atoms with Crippen molar-refractivity contribution in [3.8, 4) is 0 Å². The number of imidazole rings is 1. The van der Waals surface area contributed by atoms with E-state index in [1.54, 1.807) is 24.7 Å². The molecule has 2 fully saturated rings. The second-order valence-electron chi connectivity index (χ2n) is 5.96. The molecule has 2 saturated heterocycles. The maximum atomic E-state index is 10.4. The minimum atomic E-state index is -0.789. The molecular weight excluding hydrogens is 290 g/mol. The van der Waals surface area contributed by atoms with Crippen LogP contribution >= 0.6 is 0 Å². The highest BCUT2D eigenvalue weighted by Crippen LogP contribution is 2.37. The molecule has 0 bridgehead atoms. The summed E-state index contributed by atoms with van der Waals surface area (Å²) in [5.74, 6) is -0.424. The van der Waals surface area contributed by atoms with Gasteiger partial charge >= 0.3 is 0 Å². The average Bonchev–Trinajstić information content (AvgIpc) is 3.06. The molecule has 22 heavy (non-hydrogen) atoms. The van der Waals surface area contributed by atoms with Crippen LogP contribution in [-0.2, 0) is 20.8 Å². The maximum Gasteiger partial charge on any atom is 0.190 e. The third-order valence-corrected chi connectivity index (χ3v) is 3.92. The fourth-order valence-electron chi connectivity index (χ4n) is 2.94. The first kappa shape index (κ1) is 13.8. The van der Waals surface area contributed by atoms with E-state index in [-0.39, 0.29) is 0 Å². The lowest BCUT2D eigenvalue weighted by Gasteiger charge is -2.23. The Morgan fingerprint density at radius 3 is 2.91 bits per heavy atom. The van der Waals surface area contributed by atoms with Gasteiger partial charge in [-0.15, -0.1) is 0 Å². The van der Waals surface area contributed by atoms with E-state index in [2.05, 4.69) is 15.0 Å². The van der Waals surface area contributed by atoms with E-state index in [9.17, 15) is 5.11 Å². The Kier molecular flexibility index (Phi) is 2.89. The zero-order valence-corrected chi connectivity index (χ0v) is 12.2. The molecule has 0 unspecified atom stereocenters. The van der Waals surface area contributed by atoms with Crippen molar-refractivity contribution in [2.45, 2.75) is 50.8 Å². The molecule has 2 aliphatic heterocycles. The minimum absolute atomic E-state index is 0.321. The molecule has 4 atom stereocenters. The Hall–Kier alpha value is -1.81. The van der Waals surface area contributed by atoms with Crippen molar-refractivity contribution >= 4 is 17.0 Å². The van der Waals surface area contributed by atoms with Crippen LogP contribution in [0.1, 0.15) is 13.8 Å². The summed E-state index contributed by atoms with van der Waals surface area (Å²) >= 11 is 0. The number of hydrogen-bond donors (Lipinski definition) is 2. The zero-order chi connectivity index (χ0) is 15.5. The quantitative estimate of drug-likeness (QED) is 0.772. The SMILES string of the molecule is CC1(C)O[C@H]2O[C@@H](Cn3cnc4c(N)ncnc43)[C@H](O)[C@H]2O1. The molecule has 0 radical (unpaired) electrons. The van der Waals surface area contributed by atoms with Crippen molar-refractivity contribution in [2.75, 3.05) is 5.73 Å². The van der Waals surface area contributed by atoms with Gasteiger partial charge in [-0.05, 0) is 13.8 Å². The molecule has 0 spiro atoms. The van der Waals surface area contributed by atoms with Gasteiger partial charge in [-0.25, -0.2) is 15.0 Å². The van der Waals surface area contributed by atoms with E-state index in [0.29, 0.717) is 23.5 Å². The predicted octanol–water partition coefficient (Wildman–Crippen LogP) is -0.354. The second-order valence-corrected chi connectivity index (χ2v) is 5.96. The van der Waals surface area contributed by atoms with E-state index in [0.717, 1.165) is 0 Å². The van der Waals surface area contributed by atoms with Crippen molar-refractivity contribution in [1.82, 2.24) is 19.5 Å². The first-order valence-corrected chi connectivity index (χ1v) is 7.05. The molecule has 0 aromatic carbocycles. The number of hydrogen-bond acceptors (Lipinski definition) is 8. The fourth-order valence-corrected chi connectivity index (χ4v) is 2.94. The standard InChI is InChI=1S/C13H17N5O4/c1-13(2)21-9-8(19)6(20-12(9)22-13)3-18-5-17-7-10(14)15-4-16-11(7)18/h4-6,8-9,12,19H,3H2,1-2H3,(H2,14,15,16)/t6-,8-,9+,12+/m0/s1. The van der Waals surface area contributed by atoms with Crippen molar-refractivity contribution in [2.24, 2.45) is 0 Å². The molecule has 4 heterocycles. The van der Waals surface area contributed by atoms with Crippen LogP contribution in [0, 0.1) is 0 Å². The lowest BCUT2D eigenvalue weighted by atomic mass is 10.1. The fraction of sp³-hybridized carbons (Fsp3) is 0.615. The van der Waals surface area contributed by atoms with Gasteiger partial charge in [-0.2, -0.15) is 0 Å². The second kappa shape index (κ2) is 4.59. The Morgan fingerprint density at radius 1 is 1.32 bits per heavy atom. The summed E-state index contributed by atoms with van der Waals surface area (Å²) in [5.41, 5.74) is 6.89. The third kappa shape index (κ3) is 2.05. The molecule has 2 aromatic heterocycles. The summed E-state index contributed by atoms with van der Waals surface area (Å²) in [5, 5.41) is 10.4. The Bertz CT molecular complexity index is 718. The third-order valence-electron chi connectivity index (χ3n) is 3.92. The van der Waals surface area contributed by atoms with Gasteiger partial charge < -0.3 is 29.6 Å². The maximum absolute atomic E-state index is 10.4. The van der Waals surface area contributed by atoms with Crippen LogP contribution < -0.4 is 5.73 Å². The summed E-state index contributed by atoms with van der Waals surface area (Å²) in [6.07, 6.45) is 0.665. The number of nitrogens with zero attached hydrogens (tertiary/aromatic N) is 4. The highest BCUT2D eigenvalue weighted by Gasteiger charge is 2.54. The molecule has 4 rings (SSSR count). The van der Waals surface area contributed by atoms with Gasteiger partial charge in [0.1, 0.15) is 30.2 Å². The molecule has 0 aliphatic carbocycles. The number of nitrogen functional groups attached to an aromatic ring is 1. The van der Waals surface area contributed by atoms with E-state index in [1.807, 2.05) is 0 Å². The number of aliphatic hydroxyl groups excluding tert-OH is 1. The van der Waals surface area contributed by atoms with Gasteiger partial charge in [0.2, 0.25) is 0 Å². The van der Waals surface area contributed by atoms with Gasteiger partial charge in [0.05, 0.1) is 12.9 Å². The van der Waals surface area contributed by atoms with Crippen LogP contribution in [0.25, 0.3) is 11.2 Å². The number of nitrogens with two attached hydrogens (primary N) is 1. The number of fused-ring (bicyclic) bond motifs is 2. The van der Waals surface area contributed by atoms with Crippen LogP contribution in [0.5, 0.6) is 0 Å². The van der Waals surface area contributed by atoms with E-state index in [1.165, 1.54) is 6.33 Å². The summed E-state index contributed by atoms with van der Waals surface area (Å²) < 4.78 is 18.8. The first-order valence-electron chi connectivity index (χ1n) is 7.05. The molecule has 9 heteroatoms. The van der Waals surface area contributed by atoms with E-state index < -0.39 is 30.4 Å². The van der Waals surface area contributed by atoms with Crippen molar-refractivity contribution < 1.29 is 19.3 Å². The summed E-state index contributed by atoms with van der Waals surface area (Å²) in [6.45, 7) is 3.95. The van der Waals surface area contributed by atoms with Crippen molar-refractivity contribution in [1.29, 1.82) is 0 Å². The molecule has 2 aliphatic rings. The Labute approximate surface area is 126 Å². The number of aromatic nitrogens is 4. The molecule has 0 saturated carbocycles. The van der Waals surface area contributed by atoms with E-state index >= 15 is 0 Å². The van der Waals surface area contributed by atoms with Crippen molar-refractivity contribution in [3.63, 3.8) is 0 Å². The smallest absolute Gasteiger partial charge is 0.190 e.